The molecule has 6 heteroatoms. The number of nitrogens with zero attached hydrogens (tertiary/aromatic N) is 2. The lowest BCUT2D eigenvalue weighted by Crippen LogP contribution is -2.48. The van der Waals surface area contributed by atoms with Gasteiger partial charge in [0.05, 0.1) is 4.92 Å². The highest BCUT2D eigenvalue weighted by Gasteiger charge is 2.16. The molecule has 100 valence electrons. The first kappa shape index (κ1) is 14.9. The fraction of sp³-hybridized carbons (Fsp3) is 0.500. The van der Waals surface area contributed by atoms with Crippen molar-refractivity contribution in [2.45, 2.75) is 19.5 Å². The van der Waals surface area contributed by atoms with Gasteiger partial charge in [0.1, 0.15) is 0 Å². The number of hydrogen-bond donors (Lipinski definition) is 1. The van der Waals surface area contributed by atoms with E-state index in [0.717, 1.165) is 31.7 Å². The quantitative estimate of drug-likeness (QED) is 0.673. The van der Waals surface area contributed by atoms with Gasteiger partial charge in [-0.15, -0.1) is 12.4 Å². The Balaban J connectivity index is 0.00000162. The highest BCUT2D eigenvalue weighted by molar-refractivity contribution is 5.85. The van der Waals surface area contributed by atoms with Gasteiger partial charge in [-0.1, -0.05) is 12.1 Å². The normalized spacial score (nSPS) is 20.2. The molecule has 0 amide bonds. The fourth-order valence-corrected chi connectivity index (χ4v) is 2.18. The Morgan fingerprint density at radius 3 is 3.00 bits per heavy atom. The molecule has 1 N–H and O–H groups in total. The molecule has 5 nitrogen and oxygen atoms in total. The van der Waals surface area contributed by atoms with Gasteiger partial charge in [0.2, 0.25) is 0 Å². The number of benzene rings is 1. The van der Waals surface area contributed by atoms with Crippen molar-refractivity contribution in [3.05, 3.63) is 39.9 Å². The van der Waals surface area contributed by atoms with Gasteiger partial charge in [-0.25, -0.2) is 0 Å². The van der Waals surface area contributed by atoms with Gasteiger partial charge in [-0.2, -0.15) is 0 Å². The smallest absolute Gasteiger partial charge is 0.269 e. The van der Waals surface area contributed by atoms with Gasteiger partial charge in [-0.05, 0) is 12.5 Å². The third-order valence-electron chi connectivity index (χ3n) is 2.98. The Labute approximate surface area is 113 Å². The maximum absolute atomic E-state index is 10.7. The van der Waals surface area contributed by atoms with E-state index in [1.54, 1.807) is 12.1 Å². The third kappa shape index (κ3) is 3.94. The van der Waals surface area contributed by atoms with Gasteiger partial charge in [0.15, 0.2) is 0 Å². The van der Waals surface area contributed by atoms with Crippen molar-refractivity contribution < 1.29 is 4.92 Å². The Kier molecular flexibility index (Phi) is 5.53. The number of nitro groups is 1. The Morgan fingerprint density at radius 1 is 1.56 bits per heavy atom. The lowest BCUT2D eigenvalue weighted by molar-refractivity contribution is -0.384. The van der Waals surface area contributed by atoms with E-state index < -0.39 is 0 Å². The summed E-state index contributed by atoms with van der Waals surface area (Å²) in [5.41, 5.74) is 1.18. The van der Waals surface area contributed by atoms with Crippen molar-refractivity contribution in [3.63, 3.8) is 0 Å². The molecule has 18 heavy (non-hydrogen) atoms. The maximum Gasteiger partial charge on any atom is 0.269 e. The monoisotopic (exact) mass is 271 g/mol. The molecule has 0 spiro atoms. The van der Waals surface area contributed by atoms with E-state index in [2.05, 4.69) is 17.1 Å². The van der Waals surface area contributed by atoms with E-state index in [0.29, 0.717) is 6.04 Å². The Bertz CT molecular complexity index is 414. The summed E-state index contributed by atoms with van der Waals surface area (Å²) in [4.78, 5) is 12.7. The van der Waals surface area contributed by atoms with Crippen molar-refractivity contribution in [3.8, 4) is 0 Å². The highest BCUT2D eigenvalue weighted by Crippen LogP contribution is 2.15. The van der Waals surface area contributed by atoms with Crippen molar-refractivity contribution in [2.24, 2.45) is 0 Å². The number of nitro benzene ring substituents is 1. The summed E-state index contributed by atoms with van der Waals surface area (Å²) in [6.07, 6.45) is 0. The van der Waals surface area contributed by atoms with Gasteiger partial charge in [0.25, 0.3) is 5.69 Å². The van der Waals surface area contributed by atoms with Crippen LogP contribution in [-0.4, -0.2) is 35.5 Å². The summed E-state index contributed by atoms with van der Waals surface area (Å²) in [6, 6.07) is 7.37. The maximum atomic E-state index is 10.7. The molecule has 0 radical (unpaired) electrons. The van der Waals surface area contributed by atoms with Crippen LogP contribution >= 0.6 is 12.4 Å². The molecular weight excluding hydrogens is 254 g/mol. The second-order valence-electron chi connectivity index (χ2n) is 4.52. The first-order valence-corrected chi connectivity index (χ1v) is 5.84. The number of nitrogens with one attached hydrogen (secondary N) is 1. The van der Waals surface area contributed by atoms with Crippen molar-refractivity contribution >= 4 is 18.1 Å². The van der Waals surface area contributed by atoms with E-state index in [-0.39, 0.29) is 23.0 Å². The van der Waals surface area contributed by atoms with E-state index in [1.807, 2.05) is 6.07 Å². The van der Waals surface area contributed by atoms with Gasteiger partial charge in [-0.3, -0.25) is 15.0 Å². The molecule has 1 aliphatic heterocycles. The van der Waals surface area contributed by atoms with E-state index in [4.69, 9.17) is 0 Å². The summed E-state index contributed by atoms with van der Waals surface area (Å²) in [6.45, 7) is 5.90. The minimum absolute atomic E-state index is 0. The predicted molar refractivity (Wildman–Crippen MR) is 73.1 cm³/mol. The lowest BCUT2D eigenvalue weighted by Gasteiger charge is -2.31. The zero-order valence-electron chi connectivity index (χ0n) is 10.3. The molecule has 1 saturated heterocycles. The molecule has 2 rings (SSSR count). The van der Waals surface area contributed by atoms with Crippen molar-refractivity contribution in [2.75, 3.05) is 19.6 Å². The van der Waals surface area contributed by atoms with Crippen LogP contribution in [0.15, 0.2) is 24.3 Å². The van der Waals surface area contributed by atoms with Crippen LogP contribution in [0.4, 0.5) is 5.69 Å². The van der Waals surface area contributed by atoms with Gasteiger partial charge >= 0.3 is 0 Å². The number of non-ortho nitro benzene ring substituents is 1. The van der Waals surface area contributed by atoms with E-state index in [1.165, 1.54) is 6.07 Å². The summed E-state index contributed by atoms with van der Waals surface area (Å²) < 4.78 is 0. The largest absolute Gasteiger partial charge is 0.312 e. The summed E-state index contributed by atoms with van der Waals surface area (Å²) in [5, 5.41) is 14.1. The molecule has 0 saturated carbocycles. The minimum atomic E-state index is -0.343. The van der Waals surface area contributed by atoms with E-state index in [9.17, 15) is 10.1 Å². The van der Waals surface area contributed by atoms with Crippen LogP contribution in [-0.2, 0) is 6.54 Å². The summed E-state index contributed by atoms with van der Waals surface area (Å²) >= 11 is 0. The third-order valence-corrected chi connectivity index (χ3v) is 2.98. The minimum Gasteiger partial charge on any atom is -0.312 e. The van der Waals surface area contributed by atoms with Crippen LogP contribution < -0.4 is 5.32 Å². The molecule has 0 aliphatic carbocycles. The number of hydrogen-bond acceptors (Lipinski definition) is 4. The predicted octanol–water partition coefficient (Wildman–Crippen LogP) is 1.81. The number of piperazine rings is 1. The average molecular weight is 272 g/mol. The van der Waals surface area contributed by atoms with Gasteiger partial charge < -0.3 is 5.32 Å². The van der Waals surface area contributed by atoms with Crippen LogP contribution in [0.25, 0.3) is 0 Å². The van der Waals surface area contributed by atoms with Crippen LogP contribution in [0.2, 0.25) is 0 Å². The molecule has 1 aromatic rings. The number of halogens is 1. The first-order valence-electron chi connectivity index (χ1n) is 5.84. The zero-order chi connectivity index (χ0) is 12.3. The topological polar surface area (TPSA) is 58.4 Å². The standard InChI is InChI=1S/C12H17N3O2.ClH/c1-10-8-14(6-5-13-10)9-11-3-2-4-12(7-11)15(16)17;/h2-4,7,10,13H,5-6,8-9H2,1H3;1H. The van der Waals surface area contributed by atoms with Gasteiger partial charge in [0, 0.05) is 44.4 Å². The molecule has 1 aromatic carbocycles. The summed E-state index contributed by atoms with van der Waals surface area (Å²) in [7, 11) is 0. The molecule has 0 bridgehead atoms. The second kappa shape index (κ2) is 6.68. The molecular formula is C12H18ClN3O2. The Morgan fingerprint density at radius 2 is 2.33 bits per heavy atom. The second-order valence-corrected chi connectivity index (χ2v) is 4.52. The lowest BCUT2D eigenvalue weighted by atomic mass is 10.1. The molecule has 1 heterocycles. The molecule has 1 atom stereocenters. The molecule has 1 unspecified atom stereocenters. The molecule has 1 fully saturated rings. The SMILES string of the molecule is CC1CN(Cc2cccc([N+](=O)[O-])c2)CCN1.Cl. The summed E-state index contributed by atoms with van der Waals surface area (Å²) in [5.74, 6) is 0. The fourth-order valence-electron chi connectivity index (χ4n) is 2.18. The molecule has 0 aromatic heterocycles. The average Bonchev–Trinajstić information content (AvgIpc) is 2.29. The van der Waals surface area contributed by atoms with Crippen molar-refractivity contribution in [1.29, 1.82) is 0 Å². The zero-order valence-corrected chi connectivity index (χ0v) is 11.2. The van der Waals surface area contributed by atoms with Crippen LogP contribution in [0.5, 0.6) is 0 Å². The molecule has 1 aliphatic rings. The number of rotatable bonds is 3. The van der Waals surface area contributed by atoms with E-state index >= 15 is 0 Å². The van der Waals surface area contributed by atoms with Crippen LogP contribution in [0, 0.1) is 10.1 Å². The van der Waals surface area contributed by atoms with Crippen LogP contribution in [0.3, 0.4) is 0 Å². The first-order chi connectivity index (χ1) is 8.15. The van der Waals surface area contributed by atoms with Crippen LogP contribution in [0.1, 0.15) is 12.5 Å². The highest BCUT2D eigenvalue weighted by atomic mass is 35.5. The Hall–Kier alpha value is -1.17. The van der Waals surface area contributed by atoms with Crippen molar-refractivity contribution in [1.82, 2.24) is 10.2 Å².